The van der Waals surface area contributed by atoms with Crippen molar-refractivity contribution in [2.45, 2.75) is 13.5 Å². The maximum absolute atomic E-state index is 10.6. The number of benzene rings is 2. The van der Waals surface area contributed by atoms with Crippen LogP contribution in [0.3, 0.4) is 0 Å². The molecule has 0 aromatic heterocycles. The number of ether oxygens (including phenoxy) is 2. The number of carbonyl (C=O) groups is 1. The Labute approximate surface area is 139 Å². The minimum Gasteiger partial charge on any atom is -0.490 e. The lowest BCUT2D eigenvalue weighted by Crippen LogP contribution is -2.00. The highest BCUT2D eigenvalue weighted by molar-refractivity contribution is 6.30. The molecule has 0 aliphatic heterocycles. The fraction of sp³-hybridized carbons (Fsp3) is 0.167. The summed E-state index contributed by atoms with van der Waals surface area (Å²) in [7, 11) is 0. The van der Waals surface area contributed by atoms with Gasteiger partial charge >= 0.3 is 5.97 Å². The zero-order valence-corrected chi connectivity index (χ0v) is 13.4. The van der Waals surface area contributed by atoms with Gasteiger partial charge in [0.05, 0.1) is 6.61 Å². The smallest absolute Gasteiger partial charge is 0.328 e. The van der Waals surface area contributed by atoms with Crippen molar-refractivity contribution in [3.63, 3.8) is 0 Å². The largest absolute Gasteiger partial charge is 0.490 e. The zero-order valence-electron chi connectivity index (χ0n) is 12.7. The van der Waals surface area contributed by atoms with Gasteiger partial charge in [-0.1, -0.05) is 29.8 Å². The van der Waals surface area contributed by atoms with Crippen LogP contribution in [0.4, 0.5) is 0 Å². The number of carboxylic acids is 1. The van der Waals surface area contributed by atoms with E-state index in [0.717, 1.165) is 17.2 Å². The molecule has 120 valence electrons. The third-order valence-corrected chi connectivity index (χ3v) is 3.25. The van der Waals surface area contributed by atoms with Crippen LogP contribution in [0.25, 0.3) is 6.08 Å². The quantitative estimate of drug-likeness (QED) is 0.763. The van der Waals surface area contributed by atoms with E-state index in [1.165, 1.54) is 6.08 Å². The van der Waals surface area contributed by atoms with E-state index in [9.17, 15) is 4.79 Å². The molecular formula is C18H17ClO4. The third kappa shape index (κ3) is 5.34. The van der Waals surface area contributed by atoms with Gasteiger partial charge in [-0.3, -0.25) is 0 Å². The fourth-order valence-electron chi connectivity index (χ4n) is 1.93. The number of carboxylic acid groups (broad SMARTS) is 1. The van der Waals surface area contributed by atoms with Crippen molar-refractivity contribution in [2.75, 3.05) is 6.61 Å². The van der Waals surface area contributed by atoms with Gasteiger partial charge in [0.25, 0.3) is 0 Å². The molecule has 1 N–H and O–H groups in total. The minimum absolute atomic E-state index is 0.390. The third-order valence-electron chi connectivity index (χ3n) is 2.99. The summed E-state index contributed by atoms with van der Waals surface area (Å²) in [5.74, 6) is 0.189. The molecule has 0 heterocycles. The number of hydrogen-bond donors (Lipinski definition) is 1. The van der Waals surface area contributed by atoms with Crippen LogP contribution in [0.15, 0.2) is 48.5 Å². The second-order valence-corrected chi connectivity index (χ2v) is 5.16. The summed E-state index contributed by atoms with van der Waals surface area (Å²) >= 11 is 5.86. The zero-order chi connectivity index (χ0) is 16.7. The molecule has 0 radical (unpaired) electrons. The van der Waals surface area contributed by atoms with Gasteiger partial charge < -0.3 is 14.6 Å². The van der Waals surface area contributed by atoms with E-state index in [0.29, 0.717) is 29.7 Å². The lowest BCUT2D eigenvalue weighted by Gasteiger charge is -2.12. The summed E-state index contributed by atoms with van der Waals surface area (Å²) < 4.78 is 11.4. The molecule has 2 aromatic carbocycles. The van der Waals surface area contributed by atoms with Gasteiger partial charge in [-0.25, -0.2) is 4.79 Å². The van der Waals surface area contributed by atoms with Gasteiger partial charge in [-0.2, -0.15) is 0 Å². The standard InChI is InChI=1S/C18H17ClO4/c1-2-22-17-11-13(6-10-18(20)21)5-9-16(17)23-12-14-3-7-15(19)8-4-14/h3-11H,2,12H2,1H3,(H,20,21). The predicted molar refractivity (Wildman–Crippen MR) is 90.1 cm³/mol. The van der Waals surface area contributed by atoms with Gasteiger partial charge in [0.2, 0.25) is 0 Å². The van der Waals surface area contributed by atoms with Gasteiger partial charge in [0, 0.05) is 11.1 Å². The van der Waals surface area contributed by atoms with Crippen molar-refractivity contribution in [1.82, 2.24) is 0 Å². The molecule has 0 saturated heterocycles. The molecule has 0 fully saturated rings. The maximum Gasteiger partial charge on any atom is 0.328 e. The highest BCUT2D eigenvalue weighted by atomic mass is 35.5. The van der Waals surface area contributed by atoms with Gasteiger partial charge in [0.15, 0.2) is 11.5 Å². The van der Waals surface area contributed by atoms with E-state index >= 15 is 0 Å². The second kappa shape index (κ2) is 8.25. The predicted octanol–water partition coefficient (Wildman–Crippen LogP) is 4.42. The Morgan fingerprint density at radius 2 is 1.87 bits per heavy atom. The Morgan fingerprint density at radius 1 is 1.13 bits per heavy atom. The monoisotopic (exact) mass is 332 g/mol. The Kier molecular flexibility index (Phi) is 6.06. The SMILES string of the molecule is CCOc1cc(C=CC(=O)O)ccc1OCc1ccc(Cl)cc1. The number of halogens is 1. The summed E-state index contributed by atoms with van der Waals surface area (Å²) in [4.78, 5) is 10.6. The number of rotatable bonds is 7. The van der Waals surface area contributed by atoms with E-state index in [2.05, 4.69) is 0 Å². The van der Waals surface area contributed by atoms with Gasteiger partial charge in [-0.15, -0.1) is 0 Å². The maximum atomic E-state index is 10.6. The van der Waals surface area contributed by atoms with Crippen LogP contribution >= 0.6 is 11.6 Å². The minimum atomic E-state index is -0.994. The lowest BCUT2D eigenvalue weighted by molar-refractivity contribution is -0.131. The van der Waals surface area contributed by atoms with Crippen molar-refractivity contribution < 1.29 is 19.4 Å². The van der Waals surface area contributed by atoms with Crippen LogP contribution in [0.2, 0.25) is 5.02 Å². The number of hydrogen-bond acceptors (Lipinski definition) is 3. The molecule has 0 unspecified atom stereocenters. The molecule has 0 spiro atoms. The van der Waals surface area contributed by atoms with Crippen LogP contribution in [0, 0.1) is 0 Å². The molecular weight excluding hydrogens is 316 g/mol. The summed E-state index contributed by atoms with van der Waals surface area (Å²) in [6.45, 7) is 2.76. The fourth-order valence-corrected chi connectivity index (χ4v) is 2.05. The Morgan fingerprint density at radius 3 is 2.52 bits per heavy atom. The van der Waals surface area contributed by atoms with Gasteiger partial charge in [-0.05, 0) is 48.4 Å². The summed E-state index contributed by atoms with van der Waals surface area (Å²) in [5.41, 5.74) is 1.72. The van der Waals surface area contributed by atoms with Crippen LogP contribution in [-0.4, -0.2) is 17.7 Å². The first-order chi connectivity index (χ1) is 11.1. The molecule has 0 aliphatic carbocycles. The molecule has 0 saturated carbocycles. The molecule has 0 atom stereocenters. The molecule has 2 aromatic rings. The Balaban J connectivity index is 2.13. The van der Waals surface area contributed by atoms with Crippen molar-refractivity contribution >= 4 is 23.6 Å². The molecule has 0 amide bonds. The summed E-state index contributed by atoms with van der Waals surface area (Å²) in [6, 6.07) is 12.7. The van der Waals surface area contributed by atoms with Crippen LogP contribution in [-0.2, 0) is 11.4 Å². The molecule has 2 rings (SSSR count). The van der Waals surface area contributed by atoms with Crippen LogP contribution in [0.1, 0.15) is 18.1 Å². The average molecular weight is 333 g/mol. The van der Waals surface area contributed by atoms with Crippen molar-refractivity contribution in [2.24, 2.45) is 0 Å². The Bertz CT molecular complexity index is 693. The summed E-state index contributed by atoms with van der Waals surface area (Å²) in [5, 5.41) is 9.36. The van der Waals surface area contributed by atoms with Crippen molar-refractivity contribution in [1.29, 1.82) is 0 Å². The topological polar surface area (TPSA) is 55.8 Å². The molecule has 0 bridgehead atoms. The van der Waals surface area contributed by atoms with Crippen molar-refractivity contribution in [3.8, 4) is 11.5 Å². The number of aliphatic carboxylic acids is 1. The molecule has 5 heteroatoms. The van der Waals surface area contributed by atoms with E-state index in [1.54, 1.807) is 18.2 Å². The summed E-state index contributed by atoms with van der Waals surface area (Å²) in [6.07, 6.45) is 2.59. The normalized spacial score (nSPS) is 10.7. The highest BCUT2D eigenvalue weighted by Crippen LogP contribution is 2.30. The molecule has 23 heavy (non-hydrogen) atoms. The van der Waals surface area contributed by atoms with Gasteiger partial charge in [0.1, 0.15) is 6.61 Å². The lowest BCUT2D eigenvalue weighted by atomic mass is 10.2. The van der Waals surface area contributed by atoms with E-state index in [1.807, 2.05) is 31.2 Å². The van der Waals surface area contributed by atoms with E-state index in [4.69, 9.17) is 26.2 Å². The van der Waals surface area contributed by atoms with E-state index < -0.39 is 5.97 Å². The van der Waals surface area contributed by atoms with E-state index in [-0.39, 0.29) is 0 Å². The first-order valence-electron chi connectivity index (χ1n) is 7.13. The average Bonchev–Trinajstić information content (AvgIpc) is 2.54. The first kappa shape index (κ1) is 16.9. The van der Waals surface area contributed by atoms with Crippen molar-refractivity contribution in [3.05, 3.63) is 64.7 Å². The highest BCUT2D eigenvalue weighted by Gasteiger charge is 2.06. The molecule has 0 aliphatic rings. The second-order valence-electron chi connectivity index (χ2n) is 4.73. The van der Waals surface area contributed by atoms with Crippen LogP contribution in [0.5, 0.6) is 11.5 Å². The Hall–Kier alpha value is -2.46. The first-order valence-corrected chi connectivity index (χ1v) is 7.51. The molecule has 4 nitrogen and oxygen atoms in total. The van der Waals surface area contributed by atoms with Crippen LogP contribution < -0.4 is 9.47 Å².